The molecule has 0 radical (unpaired) electrons. The van der Waals surface area contributed by atoms with Crippen LogP contribution in [-0.2, 0) is 31.4 Å². The monoisotopic (exact) mass is 561 g/mol. The number of amides is 1. The standard InChI is InChI=1S/C27H26F7NO4/c1-14(16-8-17(26(29,30)31)10-18(9-16)27(32,33)34)39-21-13-35-20(23(21)15-4-6-19(28)7-5-15)11-25(2,12-22(35)36)24(37)38-3/h4-10,14,20-21,23H,11-13H2,1-3H3/t14-,20?,21+,23?,25?/m1/s1. The van der Waals surface area contributed by atoms with E-state index in [4.69, 9.17) is 9.47 Å². The molecule has 0 aliphatic carbocycles. The van der Waals surface area contributed by atoms with Crippen LogP contribution in [0.4, 0.5) is 30.7 Å². The zero-order valence-corrected chi connectivity index (χ0v) is 21.2. The number of piperidine rings is 1. The number of halogens is 7. The Balaban J connectivity index is 1.72. The number of alkyl halides is 6. The maximum Gasteiger partial charge on any atom is 0.416 e. The number of carbonyl (C=O) groups is 2. The molecule has 5 nitrogen and oxygen atoms in total. The summed E-state index contributed by atoms with van der Waals surface area (Å²) in [6.45, 7) is 2.90. The van der Waals surface area contributed by atoms with Gasteiger partial charge in [0.1, 0.15) is 5.82 Å². The number of rotatable bonds is 5. The third-order valence-corrected chi connectivity index (χ3v) is 7.50. The molecule has 2 aliphatic heterocycles. The molecule has 39 heavy (non-hydrogen) atoms. The van der Waals surface area contributed by atoms with Crippen LogP contribution in [0, 0.1) is 11.2 Å². The molecule has 0 aromatic heterocycles. The molecule has 2 aliphatic rings. The Hall–Kier alpha value is -3.15. The summed E-state index contributed by atoms with van der Waals surface area (Å²) in [7, 11) is 1.20. The summed E-state index contributed by atoms with van der Waals surface area (Å²) in [5.74, 6) is -2.13. The van der Waals surface area contributed by atoms with E-state index in [1.807, 2.05) is 0 Å². The number of nitrogens with zero attached hydrogens (tertiary/aromatic N) is 1. The van der Waals surface area contributed by atoms with Gasteiger partial charge in [-0.05, 0) is 61.7 Å². The summed E-state index contributed by atoms with van der Waals surface area (Å²) in [5, 5.41) is 0. The van der Waals surface area contributed by atoms with Crippen molar-refractivity contribution in [2.75, 3.05) is 13.7 Å². The molecule has 2 saturated heterocycles. The number of ether oxygens (including phenoxy) is 2. The van der Waals surface area contributed by atoms with Crippen molar-refractivity contribution in [2.24, 2.45) is 5.41 Å². The minimum absolute atomic E-state index is 0.0156. The van der Waals surface area contributed by atoms with Crippen molar-refractivity contribution in [2.45, 2.75) is 63.2 Å². The molecule has 2 aromatic rings. The van der Waals surface area contributed by atoms with E-state index in [1.165, 1.54) is 43.2 Å². The van der Waals surface area contributed by atoms with E-state index in [-0.39, 0.29) is 36.9 Å². The number of carbonyl (C=O) groups excluding carboxylic acids is 2. The second-order valence-corrected chi connectivity index (χ2v) is 10.3. The van der Waals surface area contributed by atoms with E-state index >= 15 is 0 Å². The fourth-order valence-corrected chi connectivity index (χ4v) is 5.58. The second-order valence-electron chi connectivity index (χ2n) is 10.3. The van der Waals surface area contributed by atoms with Crippen molar-refractivity contribution in [1.29, 1.82) is 0 Å². The number of fused-ring (bicyclic) bond motifs is 1. The quantitative estimate of drug-likeness (QED) is 0.319. The number of esters is 1. The van der Waals surface area contributed by atoms with Crippen LogP contribution >= 0.6 is 0 Å². The first-order valence-electron chi connectivity index (χ1n) is 12.1. The first kappa shape index (κ1) is 28.8. The van der Waals surface area contributed by atoms with Crippen molar-refractivity contribution >= 4 is 11.9 Å². The number of hydrogen-bond acceptors (Lipinski definition) is 4. The van der Waals surface area contributed by atoms with Gasteiger partial charge in [0.15, 0.2) is 0 Å². The van der Waals surface area contributed by atoms with E-state index < -0.39 is 64.8 Å². The summed E-state index contributed by atoms with van der Waals surface area (Å²) < 4.78 is 105. The Labute approximate surface area is 219 Å². The Morgan fingerprint density at radius 1 is 1.03 bits per heavy atom. The topological polar surface area (TPSA) is 55.8 Å². The zero-order valence-electron chi connectivity index (χ0n) is 21.2. The molecule has 5 atom stereocenters. The average molecular weight is 561 g/mol. The normalized spacial score (nSPS) is 26.4. The minimum atomic E-state index is -5.02. The van der Waals surface area contributed by atoms with E-state index in [1.54, 1.807) is 6.92 Å². The maximum absolute atomic E-state index is 13.7. The van der Waals surface area contributed by atoms with Gasteiger partial charge < -0.3 is 14.4 Å². The van der Waals surface area contributed by atoms with Gasteiger partial charge in [-0.2, -0.15) is 26.3 Å². The highest BCUT2D eigenvalue weighted by molar-refractivity contribution is 5.87. The van der Waals surface area contributed by atoms with Gasteiger partial charge in [0, 0.05) is 24.9 Å². The SMILES string of the molecule is COC(=O)C1(C)CC(=O)N2C[C@H](O[C@H](C)c3cc(C(F)(F)F)cc(C(F)(F)F)c3)C(c3ccc(F)cc3)C2C1. The van der Waals surface area contributed by atoms with Crippen LogP contribution in [0.1, 0.15) is 61.0 Å². The van der Waals surface area contributed by atoms with Gasteiger partial charge >= 0.3 is 18.3 Å². The fourth-order valence-electron chi connectivity index (χ4n) is 5.58. The first-order chi connectivity index (χ1) is 18.0. The molecule has 0 N–H and O–H groups in total. The second kappa shape index (κ2) is 10.1. The zero-order chi connectivity index (χ0) is 28.9. The van der Waals surface area contributed by atoms with Crippen LogP contribution in [0.2, 0.25) is 0 Å². The number of benzene rings is 2. The number of hydrogen-bond donors (Lipinski definition) is 0. The largest absolute Gasteiger partial charge is 0.469 e. The third-order valence-electron chi connectivity index (χ3n) is 7.50. The summed E-state index contributed by atoms with van der Waals surface area (Å²) in [6, 6.07) is 6.00. The van der Waals surface area contributed by atoms with Crippen molar-refractivity contribution < 1.29 is 49.8 Å². The summed E-state index contributed by atoms with van der Waals surface area (Å²) >= 11 is 0. The van der Waals surface area contributed by atoms with Crippen molar-refractivity contribution in [3.63, 3.8) is 0 Å². The van der Waals surface area contributed by atoms with Gasteiger partial charge in [0.05, 0.1) is 35.9 Å². The lowest BCUT2D eigenvalue weighted by atomic mass is 9.73. The Morgan fingerprint density at radius 2 is 1.59 bits per heavy atom. The van der Waals surface area contributed by atoms with Gasteiger partial charge in [0.25, 0.3) is 0 Å². The molecule has 0 spiro atoms. The molecular formula is C27H26F7NO4. The van der Waals surface area contributed by atoms with Gasteiger partial charge in [-0.3, -0.25) is 9.59 Å². The molecule has 0 bridgehead atoms. The Morgan fingerprint density at radius 3 is 2.10 bits per heavy atom. The summed E-state index contributed by atoms with van der Waals surface area (Å²) in [5.41, 5.74) is -3.89. The molecule has 2 aromatic carbocycles. The van der Waals surface area contributed by atoms with Crippen molar-refractivity contribution in [3.05, 3.63) is 70.5 Å². The van der Waals surface area contributed by atoms with E-state index in [2.05, 4.69) is 0 Å². The van der Waals surface area contributed by atoms with Gasteiger partial charge in [-0.15, -0.1) is 0 Å². The molecule has 2 fully saturated rings. The van der Waals surface area contributed by atoms with Crippen molar-refractivity contribution in [3.8, 4) is 0 Å². The Kier molecular flexibility index (Phi) is 7.48. The van der Waals surface area contributed by atoms with Gasteiger partial charge in [-0.1, -0.05) is 12.1 Å². The smallest absolute Gasteiger partial charge is 0.416 e. The van der Waals surface area contributed by atoms with E-state index in [9.17, 15) is 40.3 Å². The molecule has 3 unspecified atom stereocenters. The van der Waals surface area contributed by atoms with Crippen LogP contribution in [0.5, 0.6) is 0 Å². The Bertz CT molecular complexity index is 1210. The third kappa shape index (κ3) is 5.75. The predicted molar refractivity (Wildman–Crippen MR) is 124 cm³/mol. The van der Waals surface area contributed by atoms with Crippen LogP contribution in [0.15, 0.2) is 42.5 Å². The molecule has 12 heteroatoms. The van der Waals surface area contributed by atoms with Gasteiger partial charge in [0.2, 0.25) is 5.91 Å². The van der Waals surface area contributed by atoms with Crippen LogP contribution < -0.4 is 0 Å². The first-order valence-corrected chi connectivity index (χ1v) is 12.1. The predicted octanol–water partition coefficient (Wildman–Crippen LogP) is 6.28. The highest BCUT2D eigenvalue weighted by Gasteiger charge is 2.55. The molecule has 2 heterocycles. The minimum Gasteiger partial charge on any atom is -0.469 e. The van der Waals surface area contributed by atoms with E-state index in [0.717, 1.165) is 0 Å². The van der Waals surface area contributed by atoms with Crippen molar-refractivity contribution in [1.82, 2.24) is 4.90 Å². The lowest BCUT2D eigenvalue weighted by molar-refractivity contribution is -0.161. The maximum atomic E-state index is 13.7. The highest BCUT2D eigenvalue weighted by atomic mass is 19.4. The molecule has 4 rings (SSSR count). The molecule has 212 valence electrons. The average Bonchev–Trinajstić information content (AvgIpc) is 3.20. The summed E-state index contributed by atoms with van der Waals surface area (Å²) in [4.78, 5) is 27.1. The lowest BCUT2D eigenvalue weighted by Gasteiger charge is -2.41. The fraction of sp³-hybridized carbons (Fsp3) is 0.481. The van der Waals surface area contributed by atoms with Gasteiger partial charge in [-0.25, -0.2) is 4.39 Å². The van der Waals surface area contributed by atoms with E-state index in [0.29, 0.717) is 17.7 Å². The highest BCUT2D eigenvalue weighted by Crippen LogP contribution is 2.48. The van der Waals surface area contributed by atoms with Crippen LogP contribution in [0.25, 0.3) is 0 Å². The van der Waals surface area contributed by atoms with Crippen LogP contribution in [0.3, 0.4) is 0 Å². The molecule has 1 amide bonds. The van der Waals surface area contributed by atoms with Crippen LogP contribution in [-0.4, -0.2) is 42.6 Å². The molecule has 0 saturated carbocycles. The lowest BCUT2D eigenvalue weighted by Crippen LogP contribution is -2.50. The number of methoxy groups -OCH3 is 1. The molecular weight excluding hydrogens is 535 g/mol. The summed E-state index contributed by atoms with van der Waals surface area (Å²) in [6.07, 6.45) is -12.1.